The summed E-state index contributed by atoms with van der Waals surface area (Å²) in [6.45, 7) is 16.6. The molecule has 1 N–H and O–H groups in total. The maximum absolute atomic E-state index is 12.2. The maximum atomic E-state index is 12.2. The van der Waals surface area contributed by atoms with Gasteiger partial charge in [0, 0.05) is 47.8 Å². The maximum Gasteiger partial charge on any atom is 0.164 e. The van der Waals surface area contributed by atoms with Crippen molar-refractivity contribution in [2.45, 2.75) is 87.5 Å². The zero-order chi connectivity index (χ0) is 34.6. The molecule has 49 heavy (non-hydrogen) atoms. The van der Waals surface area contributed by atoms with Gasteiger partial charge in [-0.3, -0.25) is 9.78 Å². The van der Waals surface area contributed by atoms with Crippen molar-refractivity contribution in [2.24, 2.45) is 16.7 Å². The normalized spacial score (nSPS) is 12.4. The number of carbonyl (C=O) groups is 1. The van der Waals surface area contributed by atoms with Crippen LogP contribution >= 0.6 is 0 Å². The number of ketones is 1. The van der Waals surface area contributed by atoms with Crippen LogP contribution in [0.4, 0.5) is 0 Å². The fraction of sp³-hybridized carbons (Fsp3) is 0.372. The van der Waals surface area contributed by atoms with Crippen LogP contribution in [0.3, 0.4) is 0 Å². The molecular formula is C43H49IrN2O3-. The number of carbonyl (C=O) groups excluding carboxylic acids is 1. The van der Waals surface area contributed by atoms with Crippen LogP contribution in [0.1, 0.15) is 86.6 Å². The topological polar surface area (TPSA) is 76.2 Å². The van der Waals surface area contributed by atoms with Crippen LogP contribution in [-0.4, -0.2) is 20.9 Å². The van der Waals surface area contributed by atoms with E-state index in [0.29, 0.717) is 5.92 Å². The fourth-order valence-electron chi connectivity index (χ4n) is 6.22. The van der Waals surface area contributed by atoms with Gasteiger partial charge in [0.2, 0.25) is 0 Å². The van der Waals surface area contributed by atoms with Crippen molar-refractivity contribution in [3.05, 3.63) is 96.5 Å². The first kappa shape index (κ1) is 37.9. The molecule has 0 amide bonds. The molecule has 6 rings (SSSR count). The Bertz CT molecular complexity index is 2100. The number of aliphatic hydroxyl groups excluding tert-OH is 1. The Labute approximate surface area is 304 Å². The molecule has 0 bridgehead atoms. The van der Waals surface area contributed by atoms with Crippen molar-refractivity contribution < 1.29 is 34.4 Å². The van der Waals surface area contributed by atoms with Gasteiger partial charge in [-0.2, -0.15) is 0 Å². The minimum absolute atomic E-state index is 0. The zero-order valence-electron chi connectivity index (χ0n) is 30.1. The van der Waals surface area contributed by atoms with Gasteiger partial charge < -0.3 is 9.52 Å². The minimum Gasteiger partial charge on any atom is -0.512 e. The van der Waals surface area contributed by atoms with E-state index in [-0.39, 0.29) is 42.5 Å². The quantitative estimate of drug-likeness (QED) is 0.0845. The molecule has 0 saturated carbocycles. The number of nitrogens with zero attached hydrogens (tertiary/aromatic N) is 2. The summed E-state index contributed by atoms with van der Waals surface area (Å²) in [5.74, 6) is 0.843. The molecule has 0 aliphatic rings. The van der Waals surface area contributed by atoms with Crippen molar-refractivity contribution in [1.82, 2.24) is 9.97 Å². The Morgan fingerprint density at radius 2 is 1.47 bits per heavy atom. The molecule has 2 aromatic heterocycles. The number of furan rings is 1. The third-order valence-electron chi connectivity index (χ3n) is 10.5. The molecule has 6 aromatic rings. The van der Waals surface area contributed by atoms with Gasteiger partial charge in [-0.15, -0.1) is 29.1 Å². The smallest absolute Gasteiger partial charge is 0.164 e. The third kappa shape index (κ3) is 7.66. The number of rotatable bonds is 10. The van der Waals surface area contributed by atoms with Crippen molar-refractivity contribution in [3.8, 4) is 11.3 Å². The summed E-state index contributed by atoms with van der Waals surface area (Å²) in [6, 6.07) is 26.7. The third-order valence-corrected chi connectivity index (χ3v) is 10.5. The zero-order valence-corrected chi connectivity index (χ0v) is 32.5. The van der Waals surface area contributed by atoms with Crippen molar-refractivity contribution in [2.75, 3.05) is 0 Å². The van der Waals surface area contributed by atoms with Crippen LogP contribution in [0, 0.1) is 22.8 Å². The fourth-order valence-corrected chi connectivity index (χ4v) is 6.22. The van der Waals surface area contributed by atoms with E-state index in [9.17, 15) is 9.90 Å². The number of fused-ring (bicyclic) bond motifs is 6. The van der Waals surface area contributed by atoms with Crippen LogP contribution in [0.5, 0.6) is 0 Å². The van der Waals surface area contributed by atoms with Gasteiger partial charge in [0.15, 0.2) is 5.78 Å². The number of hydrogen-bond donors (Lipinski definition) is 1. The first-order valence-electron chi connectivity index (χ1n) is 17.4. The van der Waals surface area contributed by atoms with Crippen LogP contribution in [0.2, 0.25) is 0 Å². The van der Waals surface area contributed by atoms with E-state index in [4.69, 9.17) is 4.42 Å². The van der Waals surface area contributed by atoms with Gasteiger partial charge in [-0.05, 0) is 49.5 Å². The number of hydrogen-bond acceptors (Lipinski definition) is 5. The number of allylic oxidation sites excluding steroid dienone is 2. The summed E-state index contributed by atoms with van der Waals surface area (Å²) in [7, 11) is 0. The average Bonchev–Trinajstić information content (AvgIpc) is 3.50. The van der Waals surface area contributed by atoms with Crippen molar-refractivity contribution in [3.63, 3.8) is 0 Å². The Balaban J connectivity index is 0.000000260. The first-order chi connectivity index (χ1) is 23.0. The summed E-state index contributed by atoms with van der Waals surface area (Å²) < 4.78 is 6.44. The molecule has 0 aliphatic carbocycles. The summed E-state index contributed by atoms with van der Waals surface area (Å²) in [5, 5.41) is 15.7. The number of aromatic nitrogens is 2. The molecule has 0 fully saturated rings. The molecule has 4 aromatic carbocycles. The Kier molecular flexibility index (Phi) is 12.2. The molecule has 6 heteroatoms. The van der Waals surface area contributed by atoms with Crippen LogP contribution in [0.25, 0.3) is 54.9 Å². The van der Waals surface area contributed by atoms with Gasteiger partial charge in [-0.1, -0.05) is 115 Å². The summed E-state index contributed by atoms with van der Waals surface area (Å²) in [4.78, 5) is 21.4. The van der Waals surface area contributed by atoms with E-state index >= 15 is 0 Å². The summed E-state index contributed by atoms with van der Waals surface area (Å²) >= 11 is 0. The molecule has 2 heterocycles. The summed E-state index contributed by atoms with van der Waals surface area (Å²) in [5.41, 5.74) is 4.87. The van der Waals surface area contributed by atoms with E-state index in [1.807, 2.05) is 53.7 Å². The van der Waals surface area contributed by atoms with Gasteiger partial charge in [0.1, 0.15) is 28.8 Å². The van der Waals surface area contributed by atoms with Gasteiger partial charge in [0.05, 0.1) is 5.69 Å². The Hall–Kier alpha value is -3.86. The first-order valence-corrected chi connectivity index (χ1v) is 17.4. The van der Waals surface area contributed by atoms with E-state index in [1.165, 1.54) is 17.0 Å². The summed E-state index contributed by atoms with van der Waals surface area (Å²) in [6.07, 6.45) is 7.39. The van der Waals surface area contributed by atoms with Gasteiger partial charge >= 0.3 is 0 Å². The molecule has 0 aliphatic heterocycles. The second-order valence-electron chi connectivity index (χ2n) is 13.9. The van der Waals surface area contributed by atoms with Gasteiger partial charge in [-0.25, -0.2) is 4.98 Å². The van der Waals surface area contributed by atoms with Gasteiger partial charge in [0.25, 0.3) is 0 Å². The molecule has 0 saturated heterocycles. The monoisotopic (exact) mass is 834 g/mol. The van der Waals surface area contributed by atoms with E-state index < -0.39 is 0 Å². The second-order valence-corrected chi connectivity index (χ2v) is 13.9. The molecule has 0 spiro atoms. The molecule has 259 valence electrons. The second kappa shape index (κ2) is 15.8. The Morgan fingerprint density at radius 1 is 0.837 bits per heavy atom. The van der Waals surface area contributed by atoms with Crippen LogP contribution < -0.4 is 0 Å². The van der Waals surface area contributed by atoms with Crippen molar-refractivity contribution >= 4 is 49.4 Å². The van der Waals surface area contributed by atoms with E-state index in [0.717, 1.165) is 81.6 Å². The predicted molar refractivity (Wildman–Crippen MR) is 200 cm³/mol. The number of benzene rings is 4. The predicted octanol–water partition coefficient (Wildman–Crippen LogP) is 12.0. The average molecular weight is 834 g/mol. The minimum atomic E-state index is -0.337. The van der Waals surface area contributed by atoms with Crippen molar-refractivity contribution in [1.29, 1.82) is 0 Å². The van der Waals surface area contributed by atoms with E-state index in [2.05, 4.69) is 84.5 Å². The van der Waals surface area contributed by atoms with E-state index in [1.54, 1.807) is 6.33 Å². The molecule has 0 unspecified atom stereocenters. The Morgan fingerprint density at radius 3 is 2.12 bits per heavy atom. The molecule has 5 nitrogen and oxygen atoms in total. The largest absolute Gasteiger partial charge is 0.512 e. The SMILES string of the molecule is CC(C)Cc1cc(-c2ncnc3c2oc2c4ccccc4ccc32)[c-]c2ccccc12.CCC(C)(CC)C(=O)/C=C(\O)C(C)(CC)CC.[Ir]. The molecule has 1 radical (unpaired) electrons. The van der Waals surface area contributed by atoms with Crippen LogP contribution in [0.15, 0.2) is 89.3 Å². The van der Waals surface area contributed by atoms with Crippen LogP contribution in [-0.2, 0) is 31.3 Å². The number of aliphatic hydroxyl groups is 1. The molecule has 0 atom stereocenters. The molecular weight excluding hydrogens is 785 g/mol. The standard InChI is InChI=1S/C28H21N2O.C15H28O2.Ir/c1-17(2)13-20-15-21(14-19-8-4-5-9-22(19)20)25-28-26(30-16-29-25)24-12-11-18-7-3-6-10-23(18)27(24)31-28;1-7-14(5,8-2)12(16)11-13(17)15(6,9-3)10-4;/h3-12,15-17H,13H2,1-2H3;11,16H,7-10H2,1-6H3;/q-1;;/b;12-11-;.